The van der Waals surface area contributed by atoms with Crippen LogP contribution < -0.4 is 5.30 Å². The van der Waals surface area contributed by atoms with Crippen LogP contribution in [0.25, 0.3) is 0 Å². The summed E-state index contributed by atoms with van der Waals surface area (Å²) >= 11 is 5.74. The van der Waals surface area contributed by atoms with Gasteiger partial charge in [0.05, 0.1) is 10.5 Å². The average Bonchev–Trinajstić information content (AvgIpc) is 2.27. The Morgan fingerprint density at radius 2 is 2.12 bits per heavy atom. The molecule has 0 fully saturated rings. The summed E-state index contributed by atoms with van der Waals surface area (Å²) in [6, 6.07) is 5.90. The van der Waals surface area contributed by atoms with Gasteiger partial charge in [0.25, 0.3) is 5.69 Å². The summed E-state index contributed by atoms with van der Waals surface area (Å²) in [5.74, 6) is 0. The summed E-state index contributed by atoms with van der Waals surface area (Å²) in [5.41, 5.74) is -0.165. The third kappa shape index (κ3) is 2.45. The van der Waals surface area contributed by atoms with E-state index in [1.807, 2.05) is 13.8 Å². The summed E-state index contributed by atoms with van der Waals surface area (Å²) in [6.07, 6.45) is 0. The van der Waals surface area contributed by atoms with Gasteiger partial charge in [-0.2, -0.15) is 0 Å². The van der Waals surface area contributed by atoms with E-state index in [1.165, 1.54) is 18.2 Å². The fourth-order valence-corrected chi connectivity index (χ4v) is 4.29. The molecule has 0 saturated carbocycles. The van der Waals surface area contributed by atoms with E-state index in [-0.39, 0.29) is 17.0 Å². The van der Waals surface area contributed by atoms with Crippen LogP contribution in [0.4, 0.5) is 5.69 Å². The Morgan fingerprint density at radius 3 is 2.56 bits per heavy atom. The van der Waals surface area contributed by atoms with Gasteiger partial charge in [0.15, 0.2) is 0 Å². The molecule has 0 bridgehead atoms. The van der Waals surface area contributed by atoms with Crippen molar-refractivity contribution in [2.45, 2.75) is 19.5 Å². The van der Waals surface area contributed by atoms with E-state index in [0.717, 1.165) is 0 Å². The molecule has 0 spiro atoms. The molecular formula is C10H13ClNO3P. The Labute approximate surface area is 99.1 Å². The van der Waals surface area contributed by atoms with E-state index in [4.69, 9.17) is 11.6 Å². The average molecular weight is 262 g/mol. The van der Waals surface area contributed by atoms with Crippen LogP contribution >= 0.6 is 18.7 Å². The summed E-state index contributed by atoms with van der Waals surface area (Å²) in [4.78, 5) is 10.1. The summed E-state index contributed by atoms with van der Waals surface area (Å²) in [5, 5.41) is 11.1. The van der Waals surface area contributed by atoms with Crippen molar-refractivity contribution in [3.8, 4) is 0 Å². The number of benzene rings is 1. The number of hydrogen-bond donors (Lipinski definition) is 0. The molecule has 1 aromatic carbocycles. The number of alkyl halides is 1. The molecule has 1 atom stereocenters. The third-order valence-corrected chi connectivity index (χ3v) is 6.73. The number of nitro benzene ring substituents is 1. The van der Waals surface area contributed by atoms with Crippen LogP contribution in [0.15, 0.2) is 24.3 Å². The highest BCUT2D eigenvalue weighted by atomic mass is 35.5. The van der Waals surface area contributed by atoms with Crippen LogP contribution in [0.5, 0.6) is 0 Å². The highest BCUT2D eigenvalue weighted by Gasteiger charge is 2.28. The molecular weight excluding hydrogens is 249 g/mol. The second-order valence-electron chi connectivity index (χ2n) is 3.79. The van der Waals surface area contributed by atoms with E-state index in [0.29, 0.717) is 5.30 Å². The lowest BCUT2D eigenvalue weighted by atomic mass is 10.3. The molecule has 0 aliphatic rings. The zero-order valence-electron chi connectivity index (χ0n) is 9.09. The molecule has 0 aliphatic heterocycles. The Morgan fingerprint density at radius 1 is 1.50 bits per heavy atom. The first kappa shape index (κ1) is 13.2. The Kier molecular flexibility index (Phi) is 4.11. The lowest BCUT2D eigenvalue weighted by molar-refractivity contribution is -0.384. The van der Waals surface area contributed by atoms with E-state index in [1.54, 1.807) is 6.07 Å². The van der Waals surface area contributed by atoms with Gasteiger partial charge in [0, 0.05) is 23.1 Å². The molecule has 0 amide bonds. The molecule has 0 heterocycles. The van der Waals surface area contributed by atoms with Crippen molar-refractivity contribution >= 4 is 29.7 Å². The zero-order chi connectivity index (χ0) is 12.3. The van der Waals surface area contributed by atoms with Crippen molar-refractivity contribution in [3.05, 3.63) is 34.4 Å². The van der Waals surface area contributed by atoms with Gasteiger partial charge < -0.3 is 4.57 Å². The summed E-state index contributed by atoms with van der Waals surface area (Å²) < 4.78 is 12.5. The van der Waals surface area contributed by atoms with Crippen molar-refractivity contribution in [1.82, 2.24) is 0 Å². The second-order valence-corrected chi connectivity index (χ2v) is 7.88. The molecule has 0 saturated heterocycles. The minimum absolute atomic E-state index is 0.00579. The fourth-order valence-electron chi connectivity index (χ4n) is 1.35. The molecule has 88 valence electrons. The molecule has 0 aromatic heterocycles. The zero-order valence-corrected chi connectivity index (χ0v) is 10.7. The molecule has 16 heavy (non-hydrogen) atoms. The Bertz CT molecular complexity index is 447. The molecule has 1 aromatic rings. The molecule has 1 rings (SSSR count). The number of rotatable bonds is 4. The van der Waals surface area contributed by atoms with Gasteiger partial charge in [0.2, 0.25) is 0 Å². The van der Waals surface area contributed by atoms with Gasteiger partial charge in [0.1, 0.15) is 7.14 Å². The second kappa shape index (κ2) is 4.98. The minimum Gasteiger partial charge on any atom is -0.317 e. The normalized spacial score (nSPS) is 14.8. The summed E-state index contributed by atoms with van der Waals surface area (Å²) in [7, 11) is -2.73. The lowest BCUT2D eigenvalue weighted by Gasteiger charge is -2.19. The van der Waals surface area contributed by atoms with E-state index in [9.17, 15) is 14.7 Å². The van der Waals surface area contributed by atoms with Gasteiger partial charge in [-0.1, -0.05) is 26.0 Å². The molecule has 4 nitrogen and oxygen atoms in total. The monoisotopic (exact) mass is 261 g/mol. The van der Waals surface area contributed by atoms with E-state index >= 15 is 0 Å². The van der Waals surface area contributed by atoms with Crippen LogP contribution in [0.1, 0.15) is 13.8 Å². The van der Waals surface area contributed by atoms with Crippen molar-refractivity contribution < 1.29 is 9.49 Å². The molecule has 0 radical (unpaired) electrons. The smallest absolute Gasteiger partial charge is 0.270 e. The van der Waals surface area contributed by atoms with Crippen LogP contribution in [-0.4, -0.2) is 16.2 Å². The van der Waals surface area contributed by atoms with Crippen molar-refractivity contribution in [2.24, 2.45) is 0 Å². The maximum atomic E-state index is 12.5. The number of halogens is 1. The molecule has 0 aliphatic carbocycles. The summed E-state index contributed by atoms with van der Waals surface area (Å²) in [6.45, 7) is 3.62. The van der Waals surface area contributed by atoms with Gasteiger partial charge >= 0.3 is 0 Å². The van der Waals surface area contributed by atoms with Gasteiger partial charge in [-0.05, 0) is 0 Å². The first-order valence-electron chi connectivity index (χ1n) is 4.81. The first-order chi connectivity index (χ1) is 7.41. The van der Waals surface area contributed by atoms with Gasteiger partial charge in [-0.25, -0.2) is 0 Å². The third-order valence-electron chi connectivity index (χ3n) is 2.49. The lowest BCUT2D eigenvalue weighted by Crippen LogP contribution is -2.14. The standard InChI is InChI=1S/C10H13ClNO3P/c1-8(2)16(15,7-11)10-5-3-4-9(6-10)12(13)14/h3-6,8H,7H2,1-2H3. The van der Waals surface area contributed by atoms with E-state index < -0.39 is 12.1 Å². The molecule has 0 N–H and O–H groups in total. The van der Waals surface area contributed by atoms with Crippen LogP contribution in [0.3, 0.4) is 0 Å². The van der Waals surface area contributed by atoms with E-state index in [2.05, 4.69) is 0 Å². The predicted molar refractivity (Wildman–Crippen MR) is 66.2 cm³/mol. The van der Waals surface area contributed by atoms with Crippen molar-refractivity contribution in [2.75, 3.05) is 5.62 Å². The quantitative estimate of drug-likeness (QED) is 0.362. The molecule has 1 unspecified atom stereocenters. The molecule has 6 heteroatoms. The Balaban J connectivity index is 3.27. The predicted octanol–water partition coefficient (Wildman–Crippen LogP) is 3.19. The first-order valence-corrected chi connectivity index (χ1v) is 7.31. The van der Waals surface area contributed by atoms with Crippen LogP contribution in [-0.2, 0) is 4.57 Å². The maximum Gasteiger partial charge on any atom is 0.270 e. The highest BCUT2D eigenvalue weighted by molar-refractivity contribution is 7.73. The Hall–Kier alpha value is -0.860. The number of non-ortho nitro benzene ring substituents is 1. The van der Waals surface area contributed by atoms with Crippen molar-refractivity contribution in [3.63, 3.8) is 0 Å². The SMILES string of the molecule is CC(C)P(=O)(CCl)c1cccc([N+](=O)[O-])c1. The number of hydrogen-bond acceptors (Lipinski definition) is 3. The highest BCUT2D eigenvalue weighted by Crippen LogP contribution is 2.50. The number of nitrogens with zero attached hydrogens (tertiary/aromatic N) is 1. The topological polar surface area (TPSA) is 60.2 Å². The van der Waals surface area contributed by atoms with Crippen LogP contribution in [0.2, 0.25) is 0 Å². The van der Waals surface area contributed by atoms with Crippen LogP contribution in [0, 0.1) is 10.1 Å². The fraction of sp³-hybridized carbons (Fsp3) is 0.400. The minimum atomic E-state index is -2.73. The van der Waals surface area contributed by atoms with Gasteiger partial charge in [-0.3, -0.25) is 10.1 Å². The largest absolute Gasteiger partial charge is 0.317 e. The van der Waals surface area contributed by atoms with Crippen molar-refractivity contribution in [1.29, 1.82) is 0 Å². The number of nitro groups is 1. The maximum absolute atomic E-state index is 12.5. The van der Waals surface area contributed by atoms with Gasteiger partial charge in [-0.15, -0.1) is 11.6 Å².